The summed E-state index contributed by atoms with van der Waals surface area (Å²) in [6, 6.07) is 7.98. The molecule has 4 heteroatoms. The molecule has 2 aliphatic rings. The molecule has 1 fully saturated rings. The summed E-state index contributed by atoms with van der Waals surface area (Å²) >= 11 is 0. The van der Waals surface area contributed by atoms with Gasteiger partial charge >= 0.3 is 0 Å². The summed E-state index contributed by atoms with van der Waals surface area (Å²) in [4.78, 5) is 29.6. The molecule has 2 aliphatic heterocycles. The lowest BCUT2D eigenvalue weighted by Crippen LogP contribution is -2.52. The lowest BCUT2D eigenvalue weighted by atomic mass is 9.87. The fourth-order valence-corrected chi connectivity index (χ4v) is 3.59. The van der Waals surface area contributed by atoms with Crippen LogP contribution >= 0.6 is 0 Å². The molecular weight excluding hydrogens is 288 g/mol. The van der Waals surface area contributed by atoms with Crippen molar-refractivity contribution in [1.29, 1.82) is 0 Å². The second-order valence-corrected chi connectivity index (χ2v) is 7.44. The molecule has 2 amide bonds. The maximum Gasteiger partial charge on any atom is 0.242 e. The van der Waals surface area contributed by atoms with Crippen molar-refractivity contribution in [3.05, 3.63) is 29.8 Å². The monoisotopic (exact) mass is 314 g/mol. The first-order valence-corrected chi connectivity index (χ1v) is 8.60. The molecule has 0 aromatic heterocycles. The van der Waals surface area contributed by atoms with Gasteiger partial charge in [-0.3, -0.25) is 9.59 Å². The van der Waals surface area contributed by atoms with Crippen LogP contribution in [0.4, 0.5) is 5.69 Å². The number of carbonyl (C=O) groups excluding carboxylic acids is 2. The van der Waals surface area contributed by atoms with Crippen molar-refractivity contribution >= 4 is 17.5 Å². The third-order valence-electron chi connectivity index (χ3n) is 5.27. The molecule has 0 unspecified atom stereocenters. The molecule has 0 bridgehead atoms. The highest BCUT2D eigenvalue weighted by Gasteiger charge is 2.43. The van der Waals surface area contributed by atoms with Gasteiger partial charge in [0.25, 0.3) is 0 Å². The van der Waals surface area contributed by atoms with Crippen LogP contribution in [0.3, 0.4) is 0 Å². The molecular formula is C19H26N2O2. The van der Waals surface area contributed by atoms with E-state index in [1.165, 1.54) is 5.56 Å². The summed E-state index contributed by atoms with van der Waals surface area (Å²) in [7, 11) is 0. The smallest absolute Gasteiger partial charge is 0.242 e. The average Bonchev–Trinajstić information content (AvgIpc) is 2.98. The number of fused-ring (bicyclic) bond motifs is 1. The van der Waals surface area contributed by atoms with Crippen LogP contribution in [0.1, 0.15) is 39.2 Å². The van der Waals surface area contributed by atoms with Crippen molar-refractivity contribution in [3.8, 4) is 0 Å². The van der Waals surface area contributed by atoms with E-state index < -0.39 is 5.41 Å². The van der Waals surface area contributed by atoms with Crippen molar-refractivity contribution in [1.82, 2.24) is 4.90 Å². The highest BCUT2D eigenvalue weighted by molar-refractivity contribution is 6.11. The van der Waals surface area contributed by atoms with Gasteiger partial charge in [0.1, 0.15) is 5.41 Å². The standard InChI is InChI=1S/C19H26N2O2/c1-14-8-11-20(12-9-14)17(22)19(2,3)18(23)21-13-10-15-6-4-5-7-16(15)21/h4-7,14H,8-13H2,1-3H3. The molecule has 0 aliphatic carbocycles. The number of para-hydroxylation sites is 1. The second kappa shape index (κ2) is 5.99. The van der Waals surface area contributed by atoms with Gasteiger partial charge in [0.2, 0.25) is 11.8 Å². The molecule has 0 N–H and O–H groups in total. The van der Waals surface area contributed by atoms with Gasteiger partial charge in [-0.15, -0.1) is 0 Å². The molecule has 23 heavy (non-hydrogen) atoms. The third-order valence-corrected chi connectivity index (χ3v) is 5.27. The normalized spacial score (nSPS) is 18.9. The van der Waals surface area contributed by atoms with Crippen LogP contribution in [0.5, 0.6) is 0 Å². The maximum atomic E-state index is 13.1. The van der Waals surface area contributed by atoms with Crippen LogP contribution in [0, 0.1) is 11.3 Å². The lowest BCUT2D eigenvalue weighted by Gasteiger charge is -2.37. The SMILES string of the molecule is CC1CCN(C(=O)C(C)(C)C(=O)N2CCc3ccccc32)CC1. The average molecular weight is 314 g/mol. The molecule has 3 rings (SSSR count). The van der Waals surface area contributed by atoms with E-state index in [4.69, 9.17) is 0 Å². The van der Waals surface area contributed by atoms with Gasteiger partial charge in [0.05, 0.1) is 0 Å². The predicted octanol–water partition coefficient (Wildman–Crippen LogP) is 2.86. The van der Waals surface area contributed by atoms with Gasteiger partial charge in [0.15, 0.2) is 0 Å². The highest BCUT2D eigenvalue weighted by atomic mass is 16.2. The topological polar surface area (TPSA) is 40.6 Å². The Morgan fingerprint density at radius 1 is 1.04 bits per heavy atom. The molecule has 0 spiro atoms. The minimum absolute atomic E-state index is 0.0289. The number of rotatable bonds is 2. The summed E-state index contributed by atoms with van der Waals surface area (Å²) in [6.07, 6.45) is 2.93. The highest BCUT2D eigenvalue weighted by Crippen LogP contribution is 2.33. The van der Waals surface area contributed by atoms with E-state index in [9.17, 15) is 9.59 Å². The first kappa shape index (κ1) is 16.0. The first-order valence-electron chi connectivity index (χ1n) is 8.60. The molecule has 1 aromatic carbocycles. The van der Waals surface area contributed by atoms with E-state index in [2.05, 4.69) is 13.0 Å². The molecule has 0 atom stereocenters. The molecule has 124 valence electrons. The summed E-state index contributed by atoms with van der Waals surface area (Å²) in [5.74, 6) is 0.563. The molecule has 1 aromatic rings. The quantitative estimate of drug-likeness (QED) is 0.788. The number of anilines is 1. The molecule has 2 heterocycles. The minimum atomic E-state index is -1.00. The molecule has 0 saturated carbocycles. The summed E-state index contributed by atoms with van der Waals surface area (Å²) in [5, 5.41) is 0. The Morgan fingerprint density at radius 2 is 1.70 bits per heavy atom. The van der Waals surface area contributed by atoms with Gasteiger partial charge in [-0.2, -0.15) is 0 Å². The summed E-state index contributed by atoms with van der Waals surface area (Å²) in [5.41, 5.74) is 1.15. The van der Waals surface area contributed by atoms with Crippen molar-refractivity contribution < 1.29 is 9.59 Å². The lowest BCUT2D eigenvalue weighted by molar-refractivity contribution is -0.148. The third kappa shape index (κ3) is 2.87. The van der Waals surface area contributed by atoms with Crippen LogP contribution in [-0.4, -0.2) is 36.3 Å². The van der Waals surface area contributed by atoms with E-state index in [0.29, 0.717) is 12.5 Å². The van der Waals surface area contributed by atoms with E-state index in [0.717, 1.165) is 38.0 Å². The largest absolute Gasteiger partial charge is 0.342 e. The van der Waals surface area contributed by atoms with E-state index >= 15 is 0 Å². The Hall–Kier alpha value is -1.84. The second-order valence-electron chi connectivity index (χ2n) is 7.44. The zero-order chi connectivity index (χ0) is 16.6. The zero-order valence-electron chi connectivity index (χ0n) is 14.3. The van der Waals surface area contributed by atoms with E-state index in [1.807, 2.05) is 23.1 Å². The maximum absolute atomic E-state index is 13.1. The Bertz CT molecular complexity index is 616. The number of benzene rings is 1. The number of carbonyl (C=O) groups is 2. The molecule has 4 nitrogen and oxygen atoms in total. The zero-order valence-corrected chi connectivity index (χ0v) is 14.3. The van der Waals surface area contributed by atoms with Crippen molar-refractivity contribution in [3.63, 3.8) is 0 Å². The summed E-state index contributed by atoms with van der Waals surface area (Å²) < 4.78 is 0. The Balaban J connectivity index is 1.77. The number of likely N-dealkylation sites (tertiary alicyclic amines) is 1. The molecule has 0 radical (unpaired) electrons. The Morgan fingerprint density at radius 3 is 2.39 bits per heavy atom. The number of amides is 2. The predicted molar refractivity (Wildman–Crippen MR) is 91.3 cm³/mol. The fourth-order valence-electron chi connectivity index (χ4n) is 3.59. The Kier molecular flexibility index (Phi) is 4.17. The Labute approximate surface area is 138 Å². The van der Waals surface area contributed by atoms with Crippen LogP contribution in [0.15, 0.2) is 24.3 Å². The first-order chi connectivity index (χ1) is 10.9. The van der Waals surface area contributed by atoms with Crippen LogP contribution in [0.25, 0.3) is 0 Å². The van der Waals surface area contributed by atoms with Gasteiger partial charge in [-0.05, 0) is 50.7 Å². The summed E-state index contributed by atoms with van der Waals surface area (Å²) in [6.45, 7) is 7.99. The van der Waals surface area contributed by atoms with E-state index in [1.54, 1.807) is 18.7 Å². The number of piperidine rings is 1. The molecule has 1 saturated heterocycles. The number of hydrogen-bond donors (Lipinski definition) is 0. The number of hydrogen-bond acceptors (Lipinski definition) is 2. The van der Waals surface area contributed by atoms with Crippen molar-refractivity contribution in [2.45, 2.75) is 40.0 Å². The van der Waals surface area contributed by atoms with Crippen LogP contribution in [-0.2, 0) is 16.0 Å². The van der Waals surface area contributed by atoms with Gasteiger partial charge in [0, 0.05) is 25.3 Å². The fraction of sp³-hybridized carbons (Fsp3) is 0.579. The van der Waals surface area contributed by atoms with E-state index in [-0.39, 0.29) is 11.8 Å². The van der Waals surface area contributed by atoms with Gasteiger partial charge < -0.3 is 9.80 Å². The van der Waals surface area contributed by atoms with Crippen LogP contribution < -0.4 is 4.90 Å². The van der Waals surface area contributed by atoms with Crippen LogP contribution in [0.2, 0.25) is 0 Å². The number of nitrogens with zero attached hydrogens (tertiary/aromatic N) is 2. The minimum Gasteiger partial charge on any atom is -0.342 e. The van der Waals surface area contributed by atoms with Gasteiger partial charge in [-0.25, -0.2) is 0 Å². The van der Waals surface area contributed by atoms with Crippen molar-refractivity contribution in [2.75, 3.05) is 24.5 Å². The van der Waals surface area contributed by atoms with Crippen molar-refractivity contribution in [2.24, 2.45) is 11.3 Å². The van der Waals surface area contributed by atoms with Gasteiger partial charge in [-0.1, -0.05) is 25.1 Å².